The lowest BCUT2D eigenvalue weighted by atomic mass is 10.1. The van der Waals surface area contributed by atoms with Gasteiger partial charge in [-0.05, 0) is 49.2 Å². The second-order valence-electron chi connectivity index (χ2n) is 4.32. The summed E-state index contributed by atoms with van der Waals surface area (Å²) in [6, 6.07) is 9.30. The molecule has 0 spiro atoms. The summed E-state index contributed by atoms with van der Waals surface area (Å²) in [7, 11) is 0. The summed E-state index contributed by atoms with van der Waals surface area (Å²) >= 11 is 0. The summed E-state index contributed by atoms with van der Waals surface area (Å²) in [5.74, 6) is 4.43. The van der Waals surface area contributed by atoms with Crippen molar-refractivity contribution in [1.29, 1.82) is 0 Å². The molecule has 0 radical (unpaired) electrons. The van der Waals surface area contributed by atoms with Gasteiger partial charge in [0.1, 0.15) is 5.69 Å². The minimum Gasteiger partial charge on any atom is -0.277 e. The number of aryl methyl sites for hydroxylation is 1. The molecule has 0 aliphatic heterocycles. The molecule has 0 N–H and O–H groups in total. The van der Waals surface area contributed by atoms with Gasteiger partial charge in [0.25, 0.3) is 5.78 Å². The molecule has 0 saturated heterocycles. The van der Waals surface area contributed by atoms with Crippen LogP contribution in [0, 0.1) is 18.8 Å². The largest absolute Gasteiger partial charge is 0.416 e. The van der Waals surface area contributed by atoms with Gasteiger partial charge in [0.15, 0.2) is 0 Å². The molecule has 21 heavy (non-hydrogen) atoms. The summed E-state index contributed by atoms with van der Waals surface area (Å²) in [6.45, 7) is 1.75. The van der Waals surface area contributed by atoms with Crippen molar-refractivity contribution in [1.82, 2.24) is 4.98 Å². The van der Waals surface area contributed by atoms with E-state index in [-0.39, 0.29) is 5.69 Å². The number of benzene rings is 1. The smallest absolute Gasteiger partial charge is 0.277 e. The van der Waals surface area contributed by atoms with E-state index in [4.69, 9.17) is 0 Å². The van der Waals surface area contributed by atoms with Crippen LogP contribution in [-0.2, 0) is 6.18 Å². The lowest BCUT2D eigenvalue weighted by molar-refractivity contribution is -0.137. The first-order chi connectivity index (χ1) is 9.86. The molecule has 0 aliphatic rings. The highest BCUT2D eigenvalue weighted by molar-refractivity contribution is 6.08. The van der Waals surface area contributed by atoms with E-state index in [1.165, 1.54) is 18.2 Å². The Balaban J connectivity index is 2.18. The molecule has 5 heteroatoms. The number of aromatic nitrogens is 1. The Hall–Kier alpha value is -2.61. The number of halogens is 3. The maximum absolute atomic E-state index is 12.4. The fourth-order valence-corrected chi connectivity index (χ4v) is 1.61. The molecular weight excluding hydrogens is 279 g/mol. The minimum absolute atomic E-state index is 0.217. The first-order valence-corrected chi connectivity index (χ1v) is 6.03. The number of rotatable bonds is 1. The van der Waals surface area contributed by atoms with Gasteiger partial charge in [0.05, 0.1) is 5.56 Å². The van der Waals surface area contributed by atoms with Gasteiger partial charge in [-0.25, -0.2) is 4.98 Å². The number of carbonyl (C=O) groups is 1. The van der Waals surface area contributed by atoms with Crippen LogP contribution in [0.2, 0.25) is 0 Å². The molecule has 106 valence electrons. The Kier molecular flexibility index (Phi) is 4.08. The predicted octanol–water partition coefficient (Wildman–Crippen LogP) is 3.64. The molecule has 1 heterocycles. The van der Waals surface area contributed by atoms with E-state index in [1.807, 2.05) is 0 Å². The number of carbonyl (C=O) groups excluding carboxylic acids is 1. The third-order valence-corrected chi connectivity index (χ3v) is 2.65. The Morgan fingerprint density at radius 3 is 2.33 bits per heavy atom. The first-order valence-electron chi connectivity index (χ1n) is 6.03. The standard InChI is InChI=1S/C16H10F3NO/c1-11-3-2-4-14(20-11)15(21)10-7-12-5-8-13(9-6-12)16(17,18)19/h2-6,8-9H,1H3. The van der Waals surface area contributed by atoms with Gasteiger partial charge in [-0.3, -0.25) is 4.79 Å². The summed E-state index contributed by atoms with van der Waals surface area (Å²) in [5.41, 5.74) is 0.496. The Morgan fingerprint density at radius 1 is 1.10 bits per heavy atom. The van der Waals surface area contributed by atoms with E-state index < -0.39 is 17.5 Å². The zero-order chi connectivity index (χ0) is 15.5. The lowest BCUT2D eigenvalue weighted by Crippen LogP contribution is -2.04. The highest BCUT2D eigenvalue weighted by atomic mass is 19.4. The summed E-state index contributed by atoms with van der Waals surface area (Å²) < 4.78 is 37.2. The first kappa shape index (κ1) is 14.8. The average Bonchev–Trinajstić information content (AvgIpc) is 2.44. The van der Waals surface area contributed by atoms with E-state index in [9.17, 15) is 18.0 Å². The topological polar surface area (TPSA) is 30.0 Å². The molecule has 0 fully saturated rings. The van der Waals surface area contributed by atoms with Crippen LogP contribution in [-0.4, -0.2) is 10.8 Å². The monoisotopic (exact) mass is 289 g/mol. The molecule has 2 nitrogen and oxygen atoms in total. The molecule has 0 atom stereocenters. The summed E-state index contributed by atoms with van der Waals surface area (Å²) in [4.78, 5) is 15.8. The van der Waals surface area contributed by atoms with Crippen molar-refractivity contribution in [3.05, 3.63) is 65.0 Å². The third-order valence-electron chi connectivity index (χ3n) is 2.65. The molecule has 0 aliphatic carbocycles. The van der Waals surface area contributed by atoms with Crippen LogP contribution in [0.3, 0.4) is 0 Å². The summed E-state index contributed by atoms with van der Waals surface area (Å²) in [6.07, 6.45) is -4.38. The van der Waals surface area contributed by atoms with Crippen LogP contribution in [0.1, 0.15) is 27.3 Å². The van der Waals surface area contributed by atoms with Crippen LogP contribution in [0.4, 0.5) is 13.2 Å². The molecule has 0 bridgehead atoms. The van der Waals surface area contributed by atoms with Crippen LogP contribution in [0.15, 0.2) is 42.5 Å². The van der Waals surface area contributed by atoms with Crippen molar-refractivity contribution in [3.8, 4) is 11.8 Å². The normalized spacial score (nSPS) is 10.7. The Bertz CT molecular complexity index is 722. The molecule has 0 saturated carbocycles. The van der Waals surface area contributed by atoms with Crippen molar-refractivity contribution in [2.45, 2.75) is 13.1 Å². The number of Topliss-reactive ketones (excluding diaryl/α,β-unsaturated/α-hetero) is 1. The van der Waals surface area contributed by atoms with Gasteiger partial charge in [0.2, 0.25) is 0 Å². The van der Waals surface area contributed by atoms with Crippen molar-refractivity contribution in [2.75, 3.05) is 0 Å². The highest BCUT2D eigenvalue weighted by Gasteiger charge is 2.29. The third kappa shape index (κ3) is 3.93. The van der Waals surface area contributed by atoms with E-state index >= 15 is 0 Å². The fourth-order valence-electron chi connectivity index (χ4n) is 1.61. The number of pyridine rings is 1. The van der Waals surface area contributed by atoms with E-state index in [2.05, 4.69) is 16.8 Å². The maximum atomic E-state index is 12.4. The SMILES string of the molecule is Cc1cccc(C(=O)C#Cc2ccc(C(F)(F)F)cc2)n1. The number of hydrogen-bond acceptors (Lipinski definition) is 2. The van der Waals surface area contributed by atoms with Gasteiger partial charge in [-0.1, -0.05) is 12.0 Å². The van der Waals surface area contributed by atoms with Gasteiger partial charge < -0.3 is 0 Å². The van der Waals surface area contributed by atoms with Crippen LogP contribution < -0.4 is 0 Å². The zero-order valence-electron chi connectivity index (χ0n) is 11.0. The molecule has 2 rings (SSSR count). The fraction of sp³-hybridized carbons (Fsp3) is 0.125. The number of nitrogens with zero attached hydrogens (tertiary/aromatic N) is 1. The minimum atomic E-state index is -4.38. The average molecular weight is 289 g/mol. The zero-order valence-corrected chi connectivity index (χ0v) is 11.0. The van der Waals surface area contributed by atoms with E-state index in [1.54, 1.807) is 19.1 Å². The van der Waals surface area contributed by atoms with Gasteiger partial charge in [-0.15, -0.1) is 0 Å². The summed E-state index contributed by atoms with van der Waals surface area (Å²) in [5, 5.41) is 0. The van der Waals surface area contributed by atoms with Gasteiger partial charge >= 0.3 is 6.18 Å². The number of hydrogen-bond donors (Lipinski definition) is 0. The number of ketones is 1. The van der Waals surface area contributed by atoms with Crippen molar-refractivity contribution >= 4 is 5.78 Å². The Labute approximate surface area is 119 Å². The molecule has 1 aromatic carbocycles. The van der Waals surface area contributed by atoms with Crippen molar-refractivity contribution < 1.29 is 18.0 Å². The second kappa shape index (κ2) is 5.80. The van der Waals surface area contributed by atoms with Crippen LogP contribution in [0.5, 0.6) is 0 Å². The van der Waals surface area contributed by atoms with Crippen LogP contribution in [0.25, 0.3) is 0 Å². The van der Waals surface area contributed by atoms with E-state index in [0.717, 1.165) is 12.1 Å². The van der Waals surface area contributed by atoms with E-state index in [0.29, 0.717) is 11.3 Å². The molecule has 0 amide bonds. The second-order valence-corrected chi connectivity index (χ2v) is 4.32. The molecule has 1 aromatic heterocycles. The Morgan fingerprint density at radius 2 is 1.76 bits per heavy atom. The molecular formula is C16H10F3NO. The highest BCUT2D eigenvalue weighted by Crippen LogP contribution is 2.28. The van der Waals surface area contributed by atoms with Gasteiger partial charge in [-0.2, -0.15) is 13.2 Å². The quantitative estimate of drug-likeness (QED) is 0.592. The van der Waals surface area contributed by atoms with Crippen LogP contribution >= 0.6 is 0 Å². The predicted molar refractivity (Wildman–Crippen MR) is 71.6 cm³/mol. The van der Waals surface area contributed by atoms with Crippen molar-refractivity contribution in [3.63, 3.8) is 0 Å². The number of alkyl halides is 3. The van der Waals surface area contributed by atoms with Crippen molar-refractivity contribution in [2.24, 2.45) is 0 Å². The van der Waals surface area contributed by atoms with Gasteiger partial charge in [0, 0.05) is 11.3 Å². The molecule has 0 unspecified atom stereocenters. The maximum Gasteiger partial charge on any atom is 0.416 e. The lowest BCUT2D eigenvalue weighted by Gasteiger charge is -2.05. The molecule has 2 aromatic rings.